The number of ether oxygens (including phenoxy) is 1. The van der Waals surface area contributed by atoms with Crippen molar-refractivity contribution in [1.29, 1.82) is 0 Å². The van der Waals surface area contributed by atoms with Gasteiger partial charge in [-0.25, -0.2) is 27.6 Å². The number of halogens is 1. The average Bonchev–Trinajstić information content (AvgIpc) is 3.68. The van der Waals surface area contributed by atoms with Crippen LogP contribution >= 0.6 is 22.7 Å². The number of carboxylic acid groups (broad SMARTS) is 1. The van der Waals surface area contributed by atoms with Crippen LogP contribution in [0.5, 0.6) is 5.75 Å². The third kappa shape index (κ3) is 10.4. The number of rotatable bonds is 15. The standard InChI is InChI=1S/C34H36FN7O6S3/c1-22-20-29(39-40-31(22)38-33-36-25-11-5-6-12-27(25)49-33)41(2)34-37-30(32(43)44)28(50-34)13-8-18-48-26-15-14-23(21-24(26)35)10-7-16-42(3,4)17-9-19-51(45,46)47/h5-6,11-12,14-15,20-21H,8-9,13,16-19H2,1-4H3,(H2-,36,38,40,43,44,45,46,47). The SMILES string of the molecule is Cc1cc(N(C)c2nc(C(=O)O)c(CCCOc3ccc(C#CC[N+](C)(C)CCCS(=O)(=O)[O-])cc3F)s2)nnc1Nc1nc2ccccc2s1. The van der Waals surface area contributed by atoms with Crippen LogP contribution in [0, 0.1) is 24.6 Å². The van der Waals surface area contributed by atoms with Crippen LogP contribution in [0.1, 0.15) is 39.3 Å². The van der Waals surface area contributed by atoms with Gasteiger partial charge in [-0.1, -0.05) is 29.4 Å². The Kier molecular flexibility index (Phi) is 11.8. The minimum absolute atomic E-state index is 0.0497. The van der Waals surface area contributed by atoms with E-state index in [1.54, 1.807) is 18.0 Å². The predicted octanol–water partition coefficient (Wildman–Crippen LogP) is 5.57. The minimum Gasteiger partial charge on any atom is -0.748 e. The number of quaternary nitrogens is 1. The van der Waals surface area contributed by atoms with Gasteiger partial charge < -0.3 is 29.1 Å². The summed E-state index contributed by atoms with van der Waals surface area (Å²) in [4.78, 5) is 23.2. The molecule has 3 heterocycles. The number of carboxylic acids is 1. The molecule has 0 atom stereocenters. The molecule has 51 heavy (non-hydrogen) atoms. The zero-order chi connectivity index (χ0) is 36.8. The largest absolute Gasteiger partial charge is 0.748 e. The number of para-hydroxylation sites is 1. The highest BCUT2D eigenvalue weighted by Crippen LogP contribution is 2.33. The number of anilines is 4. The fourth-order valence-corrected chi connectivity index (χ4v) is 7.33. The quantitative estimate of drug-likeness (QED) is 0.0590. The lowest BCUT2D eigenvalue weighted by atomic mass is 10.2. The van der Waals surface area contributed by atoms with E-state index in [-0.39, 0.29) is 24.5 Å². The molecule has 0 spiro atoms. The number of nitrogens with one attached hydrogen (secondary N) is 1. The van der Waals surface area contributed by atoms with E-state index in [0.717, 1.165) is 15.8 Å². The van der Waals surface area contributed by atoms with Gasteiger partial charge in [-0.3, -0.25) is 0 Å². The van der Waals surface area contributed by atoms with Crippen molar-refractivity contribution in [2.24, 2.45) is 0 Å². The van der Waals surface area contributed by atoms with E-state index in [2.05, 4.69) is 37.3 Å². The summed E-state index contributed by atoms with van der Waals surface area (Å²) in [5.74, 6) is 4.82. The maximum Gasteiger partial charge on any atom is 0.355 e. The fraction of sp³-hybridized carbons (Fsp3) is 0.324. The third-order valence-corrected chi connectivity index (χ3v) is 10.6. The Morgan fingerprint density at radius 2 is 1.90 bits per heavy atom. The molecule has 0 radical (unpaired) electrons. The average molecular weight is 754 g/mol. The van der Waals surface area contributed by atoms with Crippen molar-refractivity contribution in [2.45, 2.75) is 26.2 Å². The molecule has 0 aliphatic rings. The predicted molar refractivity (Wildman–Crippen MR) is 195 cm³/mol. The van der Waals surface area contributed by atoms with Gasteiger partial charge >= 0.3 is 5.97 Å². The van der Waals surface area contributed by atoms with Gasteiger partial charge in [0.05, 0.1) is 47.6 Å². The van der Waals surface area contributed by atoms with E-state index < -0.39 is 27.7 Å². The first-order valence-electron chi connectivity index (χ1n) is 15.8. The Morgan fingerprint density at radius 3 is 2.61 bits per heavy atom. The summed E-state index contributed by atoms with van der Waals surface area (Å²) in [6.07, 6.45) is 0.996. The molecule has 2 N–H and O–H groups in total. The molecular weight excluding hydrogens is 718 g/mol. The van der Waals surface area contributed by atoms with Crippen LogP contribution in [-0.2, 0) is 16.5 Å². The molecule has 0 unspecified atom stereocenters. The van der Waals surface area contributed by atoms with E-state index in [4.69, 9.17) is 4.74 Å². The molecule has 3 aromatic heterocycles. The van der Waals surface area contributed by atoms with Crippen LogP contribution in [0.2, 0.25) is 0 Å². The molecule has 0 aliphatic carbocycles. The van der Waals surface area contributed by atoms with Gasteiger partial charge in [0.15, 0.2) is 39.2 Å². The van der Waals surface area contributed by atoms with Crippen LogP contribution in [-0.4, -0.2) is 95.3 Å². The summed E-state index contributed by atoms with van der Waals surface area (Å²) >= 11 is 2.74. The highest BCUT2D eigenvalue weighted by atomic mass is 32.2. The summed E-state index contributed by atoms with van der Waals surface area (Å²) in [5, 5.41) is 22.9. The Hall–Kier alpha value is -4.73. The van der Waals surface area contributed by atoms with Crippen LogP contribution in [0.15, 0.2) is 48.5 Å². The maximum absolute atomic E-state index is 14.8. The second-order valence-corrected chi connectivity index (χ2v) is 15.9. The molecule has 2 aromatic carbocycles. The fourth-order valence-electron chi connectivity index (χ4n) is 4.92. The van der Waals surface area contributed by atoms with Gasteiger partial charge in [-0.15, -0.1) is 21.5 Å². The minimum atomic E-state index is -4.26. The zero-order valence-corrected chi connectivity index (χ0v) is 30.8. The van der Waals surface area contributed by atoms with Crippen LogP contribution in [0.3, 0.4) is 0 Å². The first kappa shape index (κ1) is 37.5. The Balaban J connectivity index is 1.15. The third-order valence-electron chi connectivity index (χ3n) is 7.65. The number of nitrogens with zero attached hydrogens (tertiary/aromatic N) is 6. The van der Waals surface area contributed by atoms with Crippen molar-refractivity contribution in [2.75, 3.05) is 56.8 Å². The van der Waals surface area contributed by atoms with Crippen LogP contribution < -0.4 is 15.0 Å². The van der Waals surface area contributed by atoms with E-state index in [1.807, 2.05) is 51.4 Å². The van der Waals surface area contributed by atoms with Crippen molar-refractivity contribution < 1.29 is 36.5 Å². The number of carbonyl (C=O) groups is 1. The zero-order valence-electron chi connectivity index (χ0n) is 28.3. The van der Waals surface area contributed by atoms with Gasteiger partial charge in [-0.05, 0) is 67.6 Å². The molecule has 268 valence electrons. The highest BCUT2D eigenvalue weighted by Gasteiger charge is 2.21. The molecule has 5 rings (SSSR count). The normalized spacial score (nSPS) is 11.6. The van der Waals surface area contributed by atoms with Crippen molar-refractivity contribution >= 4 is 70.9 Å². The van der Waals surface area contributed by atoms with Crippen LogP contribution in [0.25, 0.3) is 10.2 Å². The topological polar surface area (TPSA) is 171 Å². The summed E-state index contributed by atoms with van der Waals surface area (Å²) in [6.45, 7) is 2.87. The Morgan fingerprint density at radius 1 is 1.12 bits per heavy atom. The van der Waals surface area contributed by atoms with E-state index in [9.17, 15) is 27.3 Å². The van der Waals surface area contributed by atoms with E-state index in [1.165, 1.54) is 34.8 Å². The number of thiazole rings is 2. The number of hydrogen-bond donors (Lipinski definition) is 2. The number of benzene rings is 2. The van der Waals surface area contributed by atoms with Gasteiger partial charge in [-0.2, -0.15) is 0 Å². The first-order chi connectivity index (χ1) is 24.2. The van der Waals surface area contributed by atoms with Crippen LogP contribution in [0.4, 0.5) is 26.3 Å². The number of aromatic nitrogens is 4. The lowest BCUT2D eigenvalue weighted by molar-refractivity contribution is -0.883. The smallest absolute Gasteiger partial charge is 0.355 e. The Bertz CT molecular complexity index is 2180. The summed E-state index contributed by atoms with van der Waals surface area (Å²) in [5.41, 5.74) is 2.10. The molecule has 0 amide bonds. The molecule has 0 saturated carbocycles. The van der Waals surface area contributed by atoms with Crippen molar-refractivity contribution in [1.82, 2.24) is 20.2 Å². The highest BCUT2D eigenvalue weighted by molar-refractivity contribution is 7.85. The molecule has 17 heteroatoms. The Labute approximate surface area is 303 Å². The molecule has 0 fully saturated rings. The summed E-state index contributed by atoms with van der Waals surface area (Å²) < 4.78 is 54.4. The van der Waals surface area contributed by atoms with Gasteiger partial charge in [0.25, 0.3) is 0 Å². The first-order valence-corrected chi connectivity index (χ1v) is 19.0. The molecular formula is C34H36FN7O6S3. The lowest BCUT2D eigenvalue weighted by Gasteiger charge is -2.27. The maximum atomic E-state index is 14.8. The monoisotopic (exact) mass is 753 g/mol. The van der Waals surface area contributed by atoms with E-state index in [0.29, 0.717) is 62.8 Å². The second kappa shape index (κ2) is 16.1. The number of aromatic carboxylic acids is 1. The second-order valence-electron chi connectivity index (χ2n) is 12.3. The molecule has 5 aromatic rings. The number of fused-ring (bicyclic) bond motifs is 1. The lowest BCUT2D eigenvalue weighted by Crippen LogP contribution is -2.41. The molecule has 0 bridgehead atoms. The van der Waals surface area contributed by atoms with E-state index >= 15 is 0 Å². The molecule has 0 saturated heterocycles. The van der Waals surface area contributed by atoms with Gasteiger partial charge in [0, 0.05) is 29.7 Å². The summed E-state index contributed by atoms with van der Waals surface area (Å²) in [7, 11) is 1.22. The molecule has 13 nitrogen and oxygen atoms in total. The van der Waals surface area contributed by atoms with Crippen molar-refractivity contribution in [3.63, 3.8) is 0 Å². The van der Waals surface area contributed by atoms with Gasteiger partial charge in [0.2, 0.25) is 0 Å². The van der Waals surface area contributed by atoms with Crippen molar-refractivity contribution in [3.8, 4) is 17.6 Å². The van der Waals surface area contributed by atoms with Crippen molar-refractivity contribution in [3.05, 3.63) is 76.0 Å². The van der Waals surface area contributed by atoms with Gasteiger partial charge in [0.1, 0.15) is 6.54 Å². The number of hydrogen-bond acceptors (Lipinski definition) is 13. The molecule has 0 aliphatic heterocycles. The summed E-state index contributed by atoms with van der Waals surface area (Å²) in [6, 6.07) is 14.1. The number of aryl methyl sites for hydroxylation is 2.